The summed E-state index contributed by atoms with van der Waals surface area (Å²) >= 11 is 1.54. The van der Waals surface area contributed by atoms with Gasteiger partial charge >= 0.3 is 0 Å². The lowest BCUT2D eigenvalue weighted by atomic mass is 10.1. The number of aliphatic hydroxyl groups excluding tert-OH is 1. The number of rotatable bonds is 5. The molecule has 0 aliphatic rings. The first-order chi connectivity index (χ1) is 12.5. The Morgan fingerprint density at radius 1 is 0.962 bits per heavy atom. The van der Waals surface area contributed by atoms with Gasteiger partial charge in [0.25, 0.3) is 0 Å². The minimum atomic E-state index is -3.70. The van der Waals surface area contributed by atoms with Crippen LogP contribution in [-0.2, 0) is 10.0 Å². The molecule has 1 aromatic heterocycles. The van der Waals surface area contributed by atoms with Crippen molar-refractivity contribution in [3.05, 3.63) is 77.7 Å². The first kappa shape index (κ1) is 17.2. The summed E-state index contributed by atoms with van der Waals surface area (Å²) in [6, 6.07) is 20.4. The van der Waals surface area contributed by atoms with Gasteiger partial charge in [-0.2, -0.15) is 0 Å². The maximum absolute atomic E-state index is 12.6. The molecule has 0 amide bonds. The molecule has 1 atom stereocenters. The van der Waals surface area contributed by atoms with E-state index in [1.54, 1.807) is 18.2 Å². The molecule has 26 heavy (non-hydrogen) atoms. The van der Waals surface area contributed by atoms with E-state index < -0.39 is 16.1 Å². The van der Waals surface area contributed by atoms with Crippen molar-refractivity contribution in [1.82, 2.24) is 4.72 Å². The van der Waals surface area contributed by atoms with E-state index in [0.717, 1.165) is 26.4 Å². The largest absolute Gasteiger partial charge is 0.387 e. The summed E-state index contributed by atoms with van der Waals surface area (Å²) in [4.78, 5) is 0.193. The molecular formula is C20H17NO3S2. The number of hydrogen-bond acceptors (Lipinski definition) is 4. The molecule has 0 radical (unpaired) electrons. The molecule has 4 aromatic rings. The van der Waals surface area contributed by atoms with Gasteiger partial charge in [0.15, 0.2) is 0 Å². The quantitative estimate of drug-likeness (QED) is 0.546. The van der Waals surface area contributed by atoms with Crippen molar-refractivity contribution in [3.8, 4) is 0 Å². The molecule has 4 rings (SSSR count). The van der Waals surface area contributed by atoms with Gasteiger partial charge < -0.3 is 5.11 Å². The van der Waals surface area contributed by atoms with Gasteiger partial charge in [0.1, 0.15) is 0 Å². The maximum Gasteiger partial charge on any atom is 0.240 e. The van der Waals surface area contributed by atoms with Crippen molar-refractivity contribution in [2.45, 2.75) is 11.0 Å². The summed E-state index contributed by atoms with van der Waals surface area (Å²) in [5.41, 5.74) is 0.742. The molecule has 0 fully saturated rings. The third kappa shape index (κ3) is 3.24. The summed E-state index contributed by atoms with van der Waals surface area (Å²) < 4.78 is 28.8. The smallest absolute Gasteiger partial charge is 0.240 e. The topological polar surface area (TPSA) is 66.4 Å². The Bertz CT molecular complexity index is 1180. The molecule has 0 saturated carbocycles. The maximum atomic E-state index is 12.6. The summed E-state index contributed by atoms with van der Waals surface area (Å²) in [7, 11) is -3.70. The standard InChI is InChI=1S/C20H17NO3S2/c22-19(18-13-25-20-8-4-3-7-17(18)20)12-21-26(23,24)16-10-9-14-5-1-2-6-15(14)11-16/h1-11,13,19,21-22H,12H2. The van der Waals surface area contributed by atoms with Crippen molar-refractivity contribution in [1.29, 1.82) is 0 Å². The van der Waals surface area contributed by atoms with Gasteiger partial charge in [-0.25, -0.2) is 13.1 Å². The Hall–Kier alpha value is -2.25. The Morgan fingerprint density at radius 2 is 1.69 bits per heavy atom. The molecule has 4 nitrogen and oxygen atoms in total. The average molecular weight is 383 g/mol. The lowest BCUT2D eigenvalue weighted by Crippen LogP contribution is -2.28. The van der Waals surface area contributed by atoms with Crippen LogP contribution in [-0.4, -0.2) is 20.1 Å². The first-order valence-corrected chi connectivity index (χ1v) is 10.5. The highest BCUT2D eigenvalue weighted by atomic mass is 32.2. The number of benzene rings is 3. The number of fused-ring (bicyclic) bond motifs is 2. The van der Waals surface area contributed by atoms with Crippen LogP contribution < -0.4 is 4.72 Å². The number of hydrogen-bond donors (Lipinski definition) is 2. The zero-order valence-corrected chi connectivity index (χ0v) is 15.4. The van der Waals surface area contributed by atoms with E-state index >= 15 is 0 Å². The van der Waals surface area contributed by atoms with Crippen molar-refractivity contribution in [3.63, 3.8) is 0 Å². The minimum Gasteiger partial charge on any atom is -0.387 e. The second-order valence-corrected chi connectivity index (χ2v) is 8.74. The Labute approximate surface area is 155 Å². The molecule has 132 valence electrons. The summed E-state index contributed by atoms with van der Waals surface area (Å²) in [5, 5.41) is 15.1. The lowest BCUT2D eigenvalue weighted by Gasteiger charge is -2.12. The number of aliphatic hydroxyl groups is 1. The van der Waals surface area contributed by atoms with E-state index in [1.165, 1.54) is 11.3 Å². The highest BCUT2D eigenvalue weighted by Crippen LogP contribution is 2.30. The molecule has 2 N–H and O–H groups in total. The Balaban J connectivity index is 1.55. The van der Waals surface area contributed by atoms with Crippen molar-refractivity contribution >= 4 is 42.2 Å². The predicted octanol–water partition coefficient (Wildman–Crippen LogP) is 4.07. The van der Waals surface area contributed by atoms with Crippen molar-refractivity contribution in [2.24, 2.45) is 0 Å². The van der Waals surface area contributed by atoms with Crippen LogP contribution in [0.5, 0.6) is 0 Å². The third-order valence-corrected chi connectivity index (χ3v) is 6.77. The highest BCUT2D eigenvalue weighted by molar-refractivity contribution is 7.89. The Morgan fingerprint density at radius 3 is 2.54 bits per heavy atom. The molecule has 0 aliphatic heterocycles. The molecule has 0 bridgehead atoms. The SMILES string of the molecule is O=S(=O)(NCC(O)c1csc2ccccc12)c1ccc2ccccc2c1. The summed E-state index contributed by atoms with van der Waals surface area (Å²) in [6.07, 6.45) is -0.901. The first-order valence-electron chi connectivity index (χ1n) is 8.17. The molecule has 3 aromatic carbocycles. The fourth-order valence-electron chi connectivity index (χ4n) is 2.97. The van der Waals surface area contributed by atoms with Crippen LogP contribution in [0.1, 0.15) is 11.7 Å². The van der Waals surface area contributed by atoms with E-state index in [4.69, 9.17) is 0 Å². The van der Waals surface area contributed by atoms with E-state index in [9.17, 15) is 13.5 Å². The fourth-order valence-corrected chi connectivity index (χ4v) is 5.05. The van der Waals surface area contributed by atoms with Crippen LogP contribution in [0.3, 0.4) is 0 Å². The molecule has 1 heterocycles. The van der Waals surface area contributed by atoms with Gasteiger partial charge in [0.2, 0.25) is 10.0 Å². The minimum absolute atomic E-state index is 0.0735. The second-order valence-electron chi connectivity index (χ2n) is 6.06. The van der Waals surface area contributed by atoms with Gasteiger partial charge in [-0.1, -0.05) is 48.5 Å². The van der Waals surface area contributed by atoms with Crippen LogP contribution in [0.4, 0.5) is 0 Å². The van der Waals surface area contributed by atoms with Gasteiger partial charge in [-0.3, -0.25) is 0 Å². The molecule has 1 unspecified atom stereocenters. The molecule has 0 aliphatic carbocycles. The van der Waals surface area contributed by atoms with Crippen LogP contribution in [0.2, 0.25) is 0 Å². The van der Waals surface area contributed by atoms with Gasteiger partial charge in [-0.15, -0.1) is 11.3 Å². The number of sulfonamides is 1. The van der Waals surface area contributed by atoms with E-state index in [0.29, 0.717) is 0 Å². The third-order valence-electron chi connectivity index (χ3n) is 4.37. The average Bonchev–Trinajstić information content (AvgIpc) is 3.10. The van der Waals surface area contributed by atoms with E-state index in [1.807, 2.05) is 53.9 Å². The molecule has 0 spiro atoms. The molecule has 6 heteroatoms. The summed E-state index contributed by atoms with van der Waals surface area (Å²) in [6.45, 7) is -0.0735. The fraction of sp³-hybridized carbons (Fsp3) is 0.100. The van der Waals surface area contributed by atoms with Crippen LogP contribution >= 0.6 is 11.3 Å². The molecular weight excluding hydrogens is 366 g/mol. The number of nitrogens with one attached hydrogen (secondary N) is 1. The van der Waals surface area contributed by atoms with E-state index in [-0.39, 0.29) is 11.4 Å². The Kier molecular flexibility index (Phi) is 4.50. The predicted molar refractivity (Wildman–Crippen MR) is 106 cm³/mol. The second kappa shape index (κ2) is 6.81. The van der Waals surface area contributed by atoms with Crippen LogP contribution in [0.15, 0.2) is 77.0 Å². The van der Waals surface area contributed by atoms with Gasteiger partial charge in [-0.05, 0) is 39.7 Å². The zero-order chi connectivity index (χ0) is 18.1. The summed E-state index contributed by atoms with van der Waals surface area (Å²) in [5.74, 6) is 0. The number of thiophene rings is 1. The highest BCUT2D eigenvalue weighted by Gasteiger charge is 2.19. The van der Waals surface area contributed by atoms with Gasteiger partial charge in [0, 0.05) is 16.8 Å². The van der Waals surface area contributed by atoms with Crippen LogP contribution in [0, 0.1) is 0 Å². The zero-order valence-electron chi connectivity index (χ0n) is 13.8. The van der Waals surface area contributed by atoms with E-state index in [2.05, 4.69) is 4.72 Å². The van der Waals surface area contributed by atoms with Crippen molar-refractivity contribution < 1.29 is 13.5 Å². The van der Waals surface area contributed by atoms with Gasteiger partial charge in [0.05, 0.1) is 11.0 Å². The monoisotopic (exact) mass is 383 g/mol. The van der Waals surface area contributed by atoms with Crippen LogP contribution in [0.25, 0.3) is 20.9 Å². The van der Waals surface area contributed by atoms with Crippen molar-refractivity contribution in [2.75, 3.05) is 6.54 Å². The molecule has 0 saturated heterocycles. The normalized spacial score (nSPS) is 13.3. The lowest BCUT2D eigenvalue weighted by molar-refractivity contribution is 0.184.